The van der Waals surface area contributed by atoms with E-state index in [1.165, 1.54) is 42.9 Å². The third-order valence-electron chi connectivity index (χ3n) is 7.28. The third kappa shape index (κ3) is 6.31. The molecule has 0 saturated heterocycles. The summed E-state index contributed by atoms with van der Waals surface area (Å²) in [6.07, 6.45) is 1.09. The van der Waals surface area contributed by atoms with Crippen LogP contribution in [0, 0.1) is 30.0 Å². The zero-order valence-corrected chi connectivity index (χ0v) is 23.8. The first-order valence-electron chi connectivity index (χ1n) is 13.6. The first-order chi connectivity index (χ1) is 21.3. The Morgan fingerprint density at radius 1 is 1.22 bits per heavy atom. The smallest absolute Gasteiger partial charge is 0.340 e. The quantitative estimate of drug-likeness (QED) is 0.214. The Morgan fingerprint density at radius 3 is 2.60 bits per heavy atom. The van der Waals surface area contributed by atoms with Crippen LogP contribution in [-0.2, 0) is 22.3 Å². The highest BCUT2D eigenvalue weighted by atomic mass is 19.4. The molecule has 13 nitrogen and oxygen atoms in total. The molecule has 5 N–H and O–H groups in total. The molecule has 3 aromatic heterocycles. The van der Waals surface area contributed by atoms with Crippen molar-refractivity contribution in [1.29, 1.82) is 5.26 Å². The average molecular weight is 627 g/mol. The topological polar surface area (TPSA) is 185 Å². The summed E-state index contributed by atoms with van der Waals surface area (Å²) in [6, 6.07) is 2.96. The van der Waals surface area contributed by atoms with Gasteiger partial charge in [0, 0.05) is 36.2 Å². The highest BCUT2D eigenvalue weighted by molar-refractivity contribution is 6.03. The van der Waals surface area contributed by atoms with Crippen molar-refractivity contribution in [2.75, 3.05) is 5.32 Å². The first-order valence-corrected chi connectivity index (χ1v) is 13.6. The largest absolute Gasteiger partial charge is 0.435 e. The molecule has 3 amide bonds. The van der Waals surface area contributed by atoms with E-state index in [4.69, 9.17) is 11.0 Å². The third-order valence-corrected chi connectivity index (χ3v) is 7.28. The minimum Gasteiger partial charge on any atom is -0.340 e. The number of nitrogens with zero attached hydrogens (tertiary/aromatic N) is 6. The molecule has 45 heavy (non-hydrogen) atoms. The maximum atomic E-state index is 15.2. The number of anilines is 2. The summed E-state index contributed by atoms with van der Waals surface area (Å²) in [7, 11) is 0. The van der Waals surface area contributed by atoms with Gasteiger partial charge in [-0.15, -0.1) is 0 Å². The number of alkyl halides is 3. The van der Waals surface area contributed by atoms with E-state index in [1.54, 1.807) is 6.07 Å². The predicted molar refractivity (Wildman–Crippen MR) is 150 cm³/mol. The van der Waals surface area contributed by atoms with Gasteiger partial charge in [0.1, 0.15) is 18.4 Å². The van der Waals surface area contributed by atoms with Gasteiger partial charge in [-0.05, 0) is 44.4 Å². The fraction of sp³-hybridized carbons (Fsp3) is 0.321. The Bertz CT molecular complexity index is 1830. The number of carbonyl (C=O) groups excluding carboxylic acids is 3. The Balaban J connectivity index is 1.34. The van der Waals surface area contributed by atoms with Crippen molar-refractivity contribution in [3.05, 3.63) is 59.6 Å². The van der Waals surface area contributed by atoms with E-state index < -0.39 is 48.0 Å². The number of nitrogens with one attached hydrogen (secondary N) is 3. The van der Waals surface area contributed by atoms with Crippen LogP contribution in [0.1, 0.15) is 41.4 Å². The van der Waals surface area contributed by atoms with E-state index in [-0.39, 0.29) is 51.5 Å². The zero-order valence-electron chi connectivity index (χ0n) is 23.8. The summed E-state index contributed by atoms with van der Waals surface area (Å²) in [5, 5.41) is 19.9. The molecule has 0 radical (unpaired) electrons. The minimum atomic E-state index is -4.80. The number of aryl methyl sites for hydroxylation is 1. The van der Waals surface area contributed by atoms with Crippen LogP contribution in [0.3, 0.4) is 0 Å². The van der Waals surface area contributed by atoms with Gasteiger partial charge in [0.2, 0.25) is 11.8 Å². The molecule has 0 unspecified atom stereocenters. The molecule has 17 heteroatoms. The molecule has 5 rings (SSSR count). The molecule has 0 aliphatic heterocycles. The fourth-order valence-corrected chi connectivity index (χ4v) is 4.96. The number of hydrogen-bond donors (Lipinski definition) is 4. The number of fused-ring (bicyclic) bond motifs is 1. The van der Waals surface area contributed by atoms with Gasteiger partial charge in [0.15, 0.2) is 17.2 Å². The summed E-state index contributed by atoms with van der Waals surface area (Å²) in [4.78, 5) is 45.8. The number of amides is 3. The SMILES string of the molecule is Cc1cc(Nc2nccn3c(-c4cn(CC#N)nc4C(F)(F)F)cnc23)cc(F)c1C(=O)N[C@H](C)C(=O)NC(=O)[C@H]1C[C@@H](N)C1. The van der Waals surface area contributed by atoms with Crippen LogP contribution >= 0.6 is 0 Å². The molecule has 0 bridgehead atoms. The second-order valence-corrected chi connectivity index (χ2v) is 10.6. The lowest BCUT2D eigenvalue weighted by atomic mass is 9.80. The van der Waals surface area contributed by atoms with Crippen LogP contribution in [-0.4, -0.2) is 54.0 Å². The van der Waals surface area contributed by atoms with Crippen molar-refractivity contribution >= 4 is 34.9 Å². The molecule has 3 heterocycles. The molecular formula is C28H26F4N10O3. The van der Waals surface area contributed by atoms with Crippen LogP contribution < -0.4 is 21.7 Å². The highest BCUT2D eigenvalue weighted by Crippen LogP contribution is 2.37. The molecule has 1 saturated carbocycles. The standard InChI is InChI=1S/C28H26F4N10O3/c1-13-7-17(10-19(29)21(13)27(45)37-14(2)25(43)39-26(44)15-8-16(34)9-15)38-23-24-36-11-20(42(24)6-4-35-23)18-12-41(5-3-33)40-22(18)28(30,31)32/h4,6-7,10-12,14-16H,5,8-9,34H2,1-2H3,(H,35,38)(H,37,45)(H,39,43,44)/t14-,15-,16+/m1/s1. The van der Waals surface area contributed by atoms with Gasteiger partial charge in [-0.25, -0.2) is 14.4 Å². The number of carbonyl (C=O) groups is 3. The number of nitriles is 1. The second kappa shape index (κ2) is 12.0. The molecular weight excluding hydrogens is 600 g/mol. The van der Waals surface area contributed by atoms with Crippen LogP contribution in [0.2, 0.25) is 0 Å². The molecule has 4 aromatic rings. The van der Waals surface area contributed by atoms with Gasteiger partial charge in [-0.1, -0.05) is 0 Å². The van der Waals surface area contributed by atoms with E-state index in [0.29, 0.717) is 12.8 Å². The normalized spacial score (nSPS) is 16.8. The lowest BCUT2D eigenvalue weighted by Gasteiger charge is -2.31. The monoisotopic (exact) mass is 626 g/mol. The first kappa shape index (κ1) is 31.1. The van der Waals surface area contributed by atoms with E-state index in [1.807, 2.05) is 0 Å². The van der Waals surface area contributed by atoms with Crippen LogP contribution in [0.5, 0.6) is 0 Å². The van der Waals surface area contributed by atoms with Gasteiger partial charge < -0.3 is 16.4 Å². The van der Waals surface area contributed by atoms with Gasteiger partial charge >= 0.3 is 6.18 Å². The second-order valence-electron chi connectivity index (χ2n) is 10.6. The maximum Gasteiger partial charge on any atom is 0.435 e. The van der Waals surface area contributed by atoms with E-state index >= 15 is 4.39 Å². The Morgan fingerprint density at radius 2 is 1.96 bits per heavy atom. The van der Waals surface area contributed by atoms with Crippen molar-refractivity contribution in [3.63, 3.8) is 0 Å². The lowest BCUT2D eigenvalue weighted by molar-refractivity contribution is -0.141. The number of rotatable bonds is 8. The molecule has 1 atom stereocenters. The number of halogens is 4. The van der Waals surface area contributed by atoms with Crippen LogP contribution in [0.15, 0.2) is 36.9 Å². The van der Waals surface area contributed by atoms with Crippen LogP contribution in [0.25, 0.3) is 16.9 Å². The van der Waals surface area contributed by atoms with Gasteiger partial charge in [-0.2, -0.15) is 23.5 Å². The van der Waals surface area contributed by atoms with Crippen molar-refractivity contribution < 1.29 is 31.9 Å². The van der Waals surface area contributed by atoms with E-state index in [0.717, 1.165) is 16.9 Å². The number of nitrogens with two attached hydrogens (primary N) is 1. The summed E-state index contributed by atoms with van der Waals surface area (Å²) >= 11 is 0. The molecule has 1 aromatic carbocycles. The maximum absolute atomic E-state index is 15.2. The van der Waals surface area contributed by atoms with Crippen molar-refractivity contribution in [2.24, 2.45) is 11.7 Å². The number of benzene rings is 1. The summed E-state index contributed by atoms with van der Waals surface area (Å²) in [6.45, 7) is 2.43. The summed E-state index contributed by atoms with van der Waals surface area (Å²) < 4.78 is 58.6. The predicted octanol–water partition coefficient (Wildman–Crippen LogP) is 2.82. The van der Waals surface area contributed by atoms with Crippen molar-refractivity contribution in [2.45, 2.75) is 51.5 Å². The average Bonchev–Trinajstić information content (AvgIpc) is 3.56. The van der Waals surface area contributed by atoms with Gasteiger partial charge in [-0.3, -0.25) is 28.8 Å². The molecule has 1 aliphatic rings. The Labute approximate surface area is 252 Å². The van der Waals surface area contributed by atoms with Gasteiger partial charge in [0.25, 0.3) is 5.91 Å². The molecule has 1 fully saturated rings. The Kier molecular flexibility index (Phi) is 8.26. The van der Waals surface area contributed by atoms with Gasteiger partial charge in [0.05, 0.1) is 29.1 Å². The zero-order chi connectivity index (χ0) is 32.6. The Hall–Kier alpha value is -5.37. The number of hydrogen-bond acceptors (Lipinski definition) is 9. The van der Waals surface area contributed by atoms with E-state index in [2.05, 4.69) is 31.0 Å². The number of imide groups is 1. The highest BCUT2D eigenvalue weighted by Gasteiger charge is 2.38. The number of imidazole rings is 1. The lowest BCUT2D eigenvalue weighted by Crippen LogP contribution is -2.51. The minimum absolute atomic E-state index is 0.0254. The fourth-order valence-electron chi connectivity index (χ4n) is 4.96. The van der Waals surface area contributed by atoms with Crippen LogP contribution in [0.4, 0.5) is 29.1 Å². The van der Waals surface area contributed by atoms with Crippen molar-refractivity contribution in [1.82, 2.24) is 34.8 Å². The van der Waals surface area contributed by atoms with E-state index in [9.17, 15) is 27.6 Å². The van der Waals surface area contributed by atoms with Crippen molar-refractivity contribution in [3.8, 4) is 17.3 Å². The summed E-state index contributed by atoms with van der Waals surface area (Å²) in [5.74, 6) is -3.34. The number of aromatic nitrogens is 5. The molecule has 234 valence electrons. The summed E-state index contributed by atoms with van der Waals surface area (Å²) in [5.41, 5.74) is 4.31. The molecule has 0 spiro atoms. The molecule has 1 aliphatic carbocycles.